The Morgan fingerprint density at radius 3 is 2.61 bits per heavy atom. The van der Waals surface area contributed by atoms with E-state index in [2.05, 4.69) is 10.5 Å². The molecule has 0 radical (unpaired) electrons. The van der Waals surface area contributed by atoms with Crippen LogP contribution in [0.4, 0.5) is 11.4 Å². The van der Waals surface area contributed by atoms with Crippen LogP contribution in [-0.4, -0.2) is 32.3 Å². The van der Waals surface area contributed by atoms with Crippen molar-refractivity contribution in [2.45, 2.75) is 19.1 Å². The van der Waals surface area contributed by atoms with Gasteiger partial charge in [0.1, 0.15) is 5.75 Å². The Hall–Kier alpha value is -3.40. The van der Waals surface area contributed by atoms with Crippen molar-refractivity contribution in [3.8, 4) is 5.75 Å². The van der Waals surface area contributed by atoms with E-state index in [1.807, 2.05) is 0 Å². The SMILES string of the molecule is Cc1ccc([N+](=O)[O-])cc1N1C(=O)C(C)S/C1=N\NC(=O)c1ccc(O)cc1. The molecule has 1 atom stereocenters. The molecule has 1 aliphatic heterocycles. The zero-order valence-corrected chi connectivity index (χ0v) is 15.8. The molecular weight excluding hydrogens is 384 g/mol. The number of aryl methyl sites for hydroxylation is 1. The fraction of sp³-hybridized carbons (Fsp3) is 0.167. The maximum absolute atomic E-state index is 12.6. The van der Waals surface area contributed by atoms with E-state index < -0.39 is 16.1 Å². The van der Waals surface area contributed by atoms with Crippen LogP contribution in [0.3, 0.4) is 0 Å². The molecule has 0 bridgehead atoms. The number of anilines is 1. The number of thioether (sulfide) groups is 1. The molecule has 1 aliphatic rings. The third-order valence-corrected chi connectivity index (χ3v) is 5.11. The summed E-state index contributed by atoms with van der Waals surface area (Å²) in [5.74, 6) is -0.775. The molecule has 144 valence electrons. The van der Waals surface area contributed by atoms with Crippen LogP contribution < -0.4 is 10.3 Å². The smallest absolute Gasteiger partial charge is 0.271 e. The second-order valence-electron chi connectivity index (χ2n) is 6.04. The number of nitro groups is 1. The number of amidine groups is 1. The van der Waals surface area contributed by atoms with E-state index in [4.69, 9.17) is 0 Å². The molecule has 1 fully saturated rings. The quantitative estimate of drug-likeness (QED) is 0.600. The number of hydrogen-bond donors (Lipinski definition) is 2. The lowest BCUT2D eigenvalue weighted by atomic mass is 10.1. The minimum absolute atomic E-state index is 0.0287. The van der Waals surface area contributed by atoms with Crippen molar-refractivity contribution >= 4 is 40.1 Å². The molecule has 0 spiro atoms. The number of hydrogen-bond acceptors (Lipinski definition) is 7. The van der Waals surface area contributed by atoms with E-state index in [-0.39, 0.29) is 28.1 Å². The Morgan fingerprint density at radius 2 is 1.96 bits per heavy atom. The van der Waals surface area contributed by atoms with Crippen molar-refractivity contribution in [1.29, 1.82) is 0 Å². The first kappa shape index (κ1) is 19.4. The number of non-ortho nitro benzene ring substituents is 1. The molecule has 2 aromatic rings. The average molecular weight is 400 g/mol. The summed E-state index contributed by atoms with van der Waals surface area (Å²) in [6.07, 6.45) is 0. The molecule has 1 unspecified atom stereocenters. The number of phenols is 1. The fourth-order valence-corrected chi connectivity index (χ4v) is 3.48. The number of rotatable bonds is 4. The standard InChI is InChI=1S/C18H16N4O5S/c1-10-3-6-13(22(26)27)9-15(10)21-17(25)11(2)28-18(21)20-19-16(24)12-4-7-14(23)8-5-12/h3-9,11,23H,1-2H3,(H,19,24)/b20-18-. The molecule has 2 aromatic carbocycles. The highest BCUT2D eigenvalue weighted by Crippen LogP contribution is 2.35. The first-order valence-electron chi connectivity index (χ1n) is 8.20. The summed E-state index contributed by atoms with van der Waals surface area (Å²) in [5, 5.41) is 24.2. The van der Waals surface area contributed by atoms with Crippen LogP contribution in [-0.2, 0) is 4.79 Å². The first-order chi connectivity index (χ1) is 13.3. The molecule has 3 rings (SSSR count). The molecule has 28 heavy (non-hydrogen) atoms. The largest absolute Gasteiger partial charge is 0.508 e. The first-order valence-corrected chi connectivity index (χ1v) is 9.08. The zero-order chi connectivity index (χ0) is 20.4. The van der Waals surface area contributed by atoms with Crippen molar-refractivity contribution in [3.05, 3.63) is 63.7 Å². The van der Waals surface area contributed by atoms with Crippen molar-refractivity contribution in [2.75, 3.05) is 4.90 Å². The van der Waals surface area contributed by atoms with Gasteiger partial charge in [0, 0.05) is 17.7 Å². The Morgan fingerprint density at radius 1 is 1.29 bits per heavy atom. The molecule has 9 nitrogen and oxygen atoms in total. The van der Waals surface area contributed by atoms with Gasteiger partial charge < -0.3 is 5.11 Å². The van der Waals surface area contributed by atoms with Crippen molar-refractivity contribution < 1.29 is 19.6 Å². The number of phenolic OH excluding ortho intramolecular Hbond substituents is 1. The van der Waals surface area contributed by atoms with E-state index in [0.29, 0.717) is 11.3 Å². The summed E-state index contributed by atoms with van der Waals surface area (Å²) in [6, 6.07) is 9.84. The Bertz CT molecular complexity index is 990. The maximum Gasteiger partial charge on any atom is 0.271 e. The minimum atomic E-state index is -0.538. The van der Waals surface area contributed by atoms with Crippen LogP contribution in [0.2, 0.25) is 0 Å². The minimum Gasteiger partial charge on any atom is -0.508 e. The summed E-state index contributed by atoms with van der Waals surface area (Å²) in [7, 11) is 0. The number of benzene rings is 2. The van der Waals surface area contributed by atoms with E-state index in [9.17, 15) is 24.8 Å². The number of nitrogens with zero attached hydrogens (tertiary/aromatic N) is 3. The molecule has 0 saturated carbocycles. The average Bonchev–Trinajstić information content (AvgIpc) is 2.94. The van der Waals surface area contributed by atoms with Gasteiger partial charge in [-0.3, -0.25) is 24.6 Å². The number of carbonyl (C=O) groups excluding carboxylic acids is 2. The lowest BCUT2D eigenvalue weighted by Crippen LogP contribution is -2.33. The number of amides is 2. The highest BCUT2D eigenvalue weighted by molar-refractivity contribution is 8.16. The van der Waals surface area contributed by atoms with Crippen LogP contribution >= 0.6 is 11.8 Å². The van der Waals surface area contributed by atoms with Crippen LogP contribution in [0.5, 0.6) is 5.75 Å². The predicted molar refractivity (Wildman–Crippen MR) is 105 cm³/mol. The molecule has 0 aliphatic carbocycles. The van der Waals surface area contributed by atoms with Gasteiger partial charge >= 0.3 is 0 Å². The molecule has 1 saturated heterocycles. The number of nitro benzene ring substituents is 1. The van der Waals surface area contributed by atoms with Crippen molar-refractivity contribution in [3.63, 3.8) is 0 Å². The third-order valence-electron chi connectivity index (χ3n) is 4.07. The molecule has 0 aromatic heterocycles. The Balaban J connectivity index is 1.91. The van der Waals surface area contributed by atoms with Gasteiger partial charge in [-0.05, 0) is 43.7 Å². The molecule has 10 heteroatoms. The number of aromatic hydroxyl groups is 1. The van der Waals surface area contributed by atoms with Gasteiger partial charge in [-0.2, -0.15) is 0 Å². The van der Waals surface area contributed by atoms with Gasteiger partial charge in [-0.15, -0.1) is 5.10 Å². The Kier molecular flexibility index (Phi) is 5.32. The van der Waals surface area contributed by atoms with Gasteiger partial charge in [0.15, 0.2) is 5.17 Å². The number of nitrogens with one attached hydrogen (secondary N) is 1. The zero-order valence-electron chi connectivity index (χ0n) is 14.9. The van der Waals surface area contributed by atoms with Crippen LogP contribution in [0.25, 0.3) is 0 Å². The van der Waals surface area contributed by atoms with Crippen LogP contribution in [0.1, 0.15) is 22.8 Å². The van der Waals surface area contributed by atoms with Gasteiger partial charge in [0.25, 0.3) is 11.6 Å². The topological polar surface area (TPSA) is 125 Å². The van der Waals surface area contributed by atoms with Crippen LogP contribution in [0, 0.1) is 17.0 Å². The third kappa shape index (κ3) is 3.81. The lowest BCUT2D eigenvalue weighted by molar-refractivity contribution is -0.384. The highest BCUT2D eigenvalue weighted by atomic mass is 32.2. The van der Waals surface area contributed by atoms with Gasteiger partial charge in [0.2, 0.25) is 5.91 Å². The van der Waals surface area contributed by atoms with E-state index in [0.717, 1.165) is 11.8 Å². The predicted octanol–water partition coefficient (Wildman–Crippen LogP) is 2.78. The van der Waals surface area contributed by atoms with Crippen molar-refractivity contribution in [2.24, 2.45) is 5.10 Å². The van der Waals surface area contributed by atoms with Gasteiger partial charge in [-0.25, -0.2) is 5.43 Å². The van der Waals surface area contributed by atoms with Crippen LogP contribution in [0.15, 0.2) is 47.6 Å². The summed E-state index contributed by atoms with van der Waals surface area (Å²) in [6.45, 7) is 3.42. The molecule has 1 heterocycles. The normalized spacial score (nSPS) is 17.8. The summed E-state index contributed by atoms with van der Waals surface area (Å²) in [5.41, 5.74) is 3.51. The fourth-order valence-electron chi connectivity index (χ4n) is 2.56. The Labute approximate surface area is 164 Å². The number of carbonyl (C=O) groups is 2. The highest BCUT2D eigenvalue weighted by Gasteiger charge is 2.37. The summed E-state index contributed by atoms with van der Waals surface area (Å²) < 4.78 is 0. The van der Waals surface area contributed by atoms with E-state index in [1.54, 1.807) is 19.9 Å². The molecule has 2 N–H and O–H groups in total. The van der Waals surface area contributed by atoms with Crippen molar-refractivity contribution in [1.82, 2.24) is 5.43 Å². The monoisotopic (exact) mass is 400 g/mol. The molecular formula is C18H16N4O5S. The molecule has 2 amide bonds. The summed E-state index contributed by atoms with van der Waals surface area (Å²) in [4.78, 5) is 36.7. The van der Waals surface area contributed by atoms with E-state index in [1.165, 1.54) is 41.3 Å². The second-order valence-corrected chi connectivity index (χ2v) is 7.35. The maximum atomic E-state index is 12.6. The lowest BCUT2D eigenvalue weighted by Gasteiger charge is -2.18. The van der Waals surface area contributed by atoms with Gasteiger partial charge in [0.05, 0.1) is 15.9 Å². The summed E-state index contributed by atoms with van der Waals surface area (Å²) >= 11 is 1.14. The van der Waals surface area contributed by atoms with E-state index >= 15 is 0 Å². The van der Waals surface area contributed by atoms with Gasteiger partial charge in [-0.1, -0.05) is 17.8 Å². The second kappa shape index (κ2) is 7.69. The number of hydrazone groups is 1.